The first kappa shape index (κ1) is 11.9. The average molecular weight is 223 g/mol. The van der Waals surface area contributed by atoms with Gasteiger partial charge in [0, 0.05) is 18.2 Å². The molecule has 1 aromatic carbocycles. The van der Waals surface area contributed by atoms with Gasteiger partial charge < -0.3 is 20.3 Å². The molecule has 5 nitrogen and oxygen atoms in total. The molecule has 0 atom stereocenters. The maximum atomic E-state index is 10.6. The fourth-order valence-corrected chi connectivity index (χ4v) is 1.25. The molecule has 0 radical (unpaired) electrons. The van der Waals surface area contributed by atoms with Crippen LogP contribution in [-0.4, -0.2) is 25.2 Å². The van der Waals surface area contributed by atoms with Crippen LogP contribution in [0.2, 0.25) is 0 Å². The van der Waals surface area contributed by atoms with Crippen molar-refractivity contribution in [3.63, 3.8) is 0 Å². The lowest BCUT2D eigenvalue weighted by Gasteiger charge is -2.10. The monoisotopic (exact) mass is 223 g/mol. The minimum Gasteiger partial charge on any atom is -0.508 e. The molecule has 0 aliphatic carbocycles. The smallest absolute Gasteiger partial charge is 0.241 e. The Morgan fingerprint density at radius 3 is 2.19 bits per heavy atom. The Balaban J connectivity index is 3.27. The number of phenolic OH excluding ortho intramolecular Hbond substituents is 1. The van der Waals surface area contributed by atoms with Gasteiger partial charge in [-0.3, -0.25) is 4.79 Å². The number of methoxy groups -OCH3 is 2. The lowest BCUT2D eigenvalue weighted by Crippen LogP contribution is -2.05. The number of amides is 1. The van der Waals surface area contributed by atoms with E-state index in [1.54, 1.807) is 0 Å². The standard InChI is InChI=1S/C11H13NO4/c1-15-9-5-7(13)6-10(16-2)8(9)3-4-11(12)14/h3-6,13H,1-2H3,(H2,12,14). The van der Waals surface area contributed by atoms with Crippen molar-refractivity contribution in [3.8, 4) is 17.2 Å². The molecule has 0 saturated heterocycles. The molecular weight excluding hydrogens is 210 g/mol. The molecule has 0 aliphatic rings. The van der Waals surface area contributed by atoms with Crippen LogP contribution < -0.4 is 15.2 Å². The largest absolute Gasteiger partial charge is 0.508 e. The van der Waals surface area contributed by atoms with E-state index in [0.29, 0.717) is 17.1 Å². The van der Waals surface area contributed by atoms with Crippen molar-refractivity contribution in [2.45, 2.75) is 0 Å². The number of rotatable bonds is 4. The molecule has 16 heavy (non-hydrogen) atoms. The molecule has 0 heterocycles. The Kier molecular flexibility index (Phi) is 3.77. The quantitative estimate of drug-likeness (QED) is 0.743. The molecule has 0 aromatic heterocycles. The zero-order valence-corrected chi connectivity index (χ0v) is 9.06. The zero-order chi connectivity index (χ0) is 12.1. The second-order valence-electron chi connectivity index (χ2n) is 3.00. The zero-order valence-electron chi connectivity index (χ0n) is 9.06. The number of benzene rings is 1. The Hall–Kier alpha value is -2.17. The van der Waals surface area contributed by atoms with E-state index in [1.165, 1.54) is 38.5 Å². The van der Waals surface area contributed by atoms with Crippen LogP contribution >= 0.6 is 0 Å². The molecule has 1 amide bonds. The number of carbonyl (C=O) groups is 1. The van der Waals surface area contributed by atoms with Gasteiger partial charge in [0.1, 0.15) is 17.2 Å². The maximum Gasteiger partial charge on any atom is 0.241 e. The first-order valence-corrected chi connectivity index (χ1v) is 4.51. The summed E-state index contributed by atoms with van der Waals surface area (Å²) in [5, 5.41) is 9.38. The minimum absolute atomic E-state index is 0.0184. The lowest BCUT2D eigenvalue weighted by molar-refractivity contribution is -0.113. The summed E-state index contributed by atoms with van der Waals surface area (Å²) in [5.74, 6) is 0.241. The summed E-state index contributed by atoms with van der Waals surface area (Å²) in [6.45, 7) is 0. The first-order valence-electron chi connectivity index (χ1n) is 4.51. The van der Waals surface area contributed by atoms with E-state index in [0.717, 1.165) is 0 Å². The van der Waals surface area contributed by atoms with Crippen LogP contribution in [0.3, 0.4) is 0 Å². The van der Waals surface area contributed by atoms with E-state index in [2.05, 4.69) is 0 Å². The number of ether oxygens (including phenoxy) is 2. The highest BCUT2D eigenvalue weighted by Crippen LogP contribution is 2.34. The third-order valence-corrected chi connectivity index (χ3v) is 1.94. The van der Waals surface area contributed by atoms with Crippen LogP contribution in [0.5, 0.6) is 17.2 Å². The van der Waals surface area contributed by atoms with Crippen molar-refractivity contribution in [1.82, 2.24) is 0 Å². The Labute approximate surface area is 93.1 Å². The third kappa shape index (κ3) is 2.66. The van der Waals surface area contributed by atoms with Gasteiger partial charge in [-0.25, -0.2) is 0 Å². The number of aromatic hydroxyl groups is 1. The van der Waals surface area contributed by atoms with E-state index in [4.69, 9.17) is 15.2 Å². The molecule has 0 saturated carbocycles. The second kappa shape index (κ2) is 5.06. The third-order valence-electron chi connectivity index (χ3n) is 1.94. The van der Waals surface area contributed by atoms with E-state index >= 15 is 0 Å². The van der Waals surface area contributed by atoms with Crippen LogP contribution in [0.1, 0.15) is 5.56 Å². The molecule has 0 unspecified atom stereocenters. The molecule has 3 N–H and O–H groups in total. The maximum absolute atomic E-state index is 10.6. The number of hydrogen-bond donors (Lipinski definition) is 2. The summed E-state index contributed by atoms with van der Waals surface area (Å²) < 4.78 is 10.1. The van der Waals surface area contributed by atoms with E-state index in [1.807, 2.05) is 0 Å². The fourth-order valence-electron chi connectivity index (χ4n) is 1.25. The Morgan fingerprint density at radius 2 is 1.81 bits per heavy atom. The topological polar surface area (TPSA) is 81.8 Å². The van der Waals surface area contributed by atoms with Gasteiger partial charge in [-0.15, -0.1) is 0 Å². The van der Waals surface area contributed by atoms with Crippen LogP contribution in [0.25, 0.3) is 6.08 Å². The van der Waals surface area contributed by atoms with Gasteiger partial charge in [0.25, 0.3) is 0 Å². The van der Waals surface area contributed by atoms with Crippen molar-refractivity contribution in [1.29, 1.82) is 0 Å². The highest BCUT2D eigenvalue weighted by atomic mass is 16.5. The van der Waals surface area contributed by atoms with E-state index < -0.39 is 5.91 Å². The van der Waals surface area contributed by atoms with Gasteiger partial charge in [0.15, 0.2) is 0 Å². The SMILES string of the molecule is COc1cc(O)cc(OC)c1C=CC(N)=O. The van der Waals surface area contributed by atoms with Gasteiger partial charge in [0.2, 0.25) is 5.91 Å². The van der Waals surface area contributed by atoms with Crippen molar-refractivity contribution in [2.24, 2.45) is 5.73 Å². The van der Waals surface area contributed by atoms with Gasteiger partial charge >= 0.3 is 0 Å². The second-order valence-corrected chi connectivity index (χ2v) is 3.00. The van der Waals surface area contributed by atoms with Gasteiger partial charge in [-0.2, -0.15) is 0 Å². The van der Waals surface area contributed by atoms with Crippen LogP contribution in [0.15, 0.2) is 18.2 Å². The first-order chi connectivity index (χ1) is 7.58. The van der Waals surface area contributed by atoms with E-state index in [9.17, 15) is 9.90 Å². The van der Waals surface area contributed by atoms with Gasteiger partial charge in [-0.1, -0.05) is 0 Å². The summed E-state index contributed by atoms with van der Waals surface area (Å²) in [6.07, 6.45) is 2.66. The normalized spacial score (nSPS) is 10.4. The molecule has 0 fully saturated rings. The fraction of sp³-hybridized carbons (Fsp3) is 0.182. The van der Waals surface area contributed by atoms with Crippen LogP contribution in [-0.2, 0) is 4.79 Å². The number of nitrogens with two attached hydrogens (primary N) is 1. The number of phenols is 1. The van der Waals surface area contributed by atoms with Gasteiger partial charge in [0.05, 0.1) is 19.8 Å². The van der Waals surface area contributed by atoms with Crippen molar-refractivity contribution < 1.29 is 19.4 Å². The Morgan fingerprint density at radius 1 is 1.31 bits per heavy atom. The van der Waals surface area contributed by atoms with Crippen LogP contribution in [0.4, 0.5) is 0 Å². The van der Waals surface area contributed by atoms with Crippen molar-refractivity contribution in [3.05, 3.63) is 23.8 Å². The van der Waals surface area contributed by atoms with Crippen LogP contribution in [0, 0.1) is 0 Å². The Bertz CT molecular complexity index is 401. The molecule has 0 bridgehead atoms. The molecule has 0 aliphatic heterocycles. The molecule has 1 rings (SSSR count). The van der Waals surface area contributed by atoms with E-state index in [-0.39, 0.29) is 5.75 Å². The predicted molar refractivity (Wildman–Crippen MR) is 59.4 cm³/mol. The van der Waals surface area contributed by atoms with Crippen molar-refractivity contribution >= 4 is 12.0 Å². The predicted octanol–water partition coefficient (Wildman–Crippen LogP) is 0.908. The number of carbonyl (C=O) groups excluding carboxylic acids is 1. The summed E-state index contributed by atoms with van der Waals surface area (Å²) in [6, 6.07) is 2.84. The molecule has 0 spiro atoms. The summed E-state index contributed by atoms with van der Waals surface area (Å²) in [5.41, 5.74) is 5.54. The van der Waals surface area contributed by atoms with Gasteiger partial charge in [-0.05, 0) is 6.08 Å². The number of hydrogen-bond acceptors (Lipinski definition) is 4. The highest BCUT2D eigenvalue weighted by molar-refractivity contribution is 5.91. The summed E-state index contributed by atoms with van der Waals surface area (Å²) >= 11 is 0. The molecule has 86 valence electrons. The molecular formula is C11H13NO4. The van der Waals surface area contributed by atoms with Crippen molar-refractivity contribution in [2.75, 3.05) is 14.2 Å². The minimum atomic E-state index is -0.572. The lowest BCUT2D eigenvalue weighted by atomic mass is 10.1. The summed E-state index contributed by atoms with van der Waals surface area (Å²) in [7, 11) is 2.91. The average Bonchev–Trinajstić information content (AvgIpc) is 2.25. The summed E-state index contributed by atoms with van der Waals surface area (Å²) in [4.78, 5) is 10.6. The molecule has 1 aromatic rings. The highest BCUT2D eigenvalue weighted by Gasteiger charge is 2.09. The molecule has 5 heteroatoms. The number of primary amides is 1.